The first-order valence-electron chi connectivity index (χ1n) is 9.11. The van der Waals surface area contributed by atoms with Gasteiger partial charge in [-0.2, -0.15) is 9.57 Å². The van der Waals surface area contributed by atoms with Crippen molar-refractivity contribution in [2.24, 2.45) is 0 Å². The first-order chi connectivity index (χ1) is 12.8. The van der Waals surface area contributed by atoms with Gasteiger partial charge in [0.2, 0.25) is 10.0 Å². The van der Waals surface area contributed by atoms with Crippen molar-refractivity contribution in [2.45, 2.75) is 32.2 Å². The molecule has 0 radical (unpaired) electrons. The summed E-state index contributed by atoms with van der Waals surface area (Å²) in [6.07, 6.45) is 0. The van der Waals surface area contributed by atoms with E-state index in [0.717, 1.165) is 6.54 Å². The lowest BCUT2D eigenvalue weighted by Gasteiger charge is -2.34. The van der Waals surface area contributed by atoms with Gasteiger partial charge in [0.25, 0.3) is 0 Å². The van der Waals surface area contributed by atoms with Gasteiger partial charge in [-0.25, -0.2) is 8.42 Å². The molecule has 1 fully saturated rings. The Hall–Kier alpha value is -2.20. The fourth-order valence-electron chi connectivity index (χ4n) is 3.73. The summed E-state index contributed by atoms with van der Waals surface area (Å²) in [7, 11) is -3.64. The Bertz CT molecular complexity index is 962. The number of hydrogen-bond acceptors (Lipinski definition) is 4. The van der Waals surface area contributed by atoms with Crippen LogP contribution in [0.2, 0.25) is 0 Å². The molecule has 1 saturated heterocycles. The van der Waals surface area contributed by atoms with E-state index in [-0.39, 0.29) is 10.5 Å². The fourth-order valence-corrected chi connectivity index (χ4v) is 5.30. The zero-order valence-electron chi connectivity index (χ0n) is 16.1. The molecule has 3 rings (SSSR count). The molecule has 0 unspecified atom stereocenters. The van der Waals surface area contributed by atoms with Crippen molar-refractivity contribution in [2.75, 3.05) is 26.2 Å². The first-order valence-corrected chi connectivity index (χ1v) is 10.6. The number of nitrogens with zero attached hydrogens (tertiary/aromatic N) is 3. The molecule has 1 aliphatic heterocycles. The molecule has 5 nitrogen and oxygen atoms in total. The van der Waals surface area contributed by atoms with E-state index in [9.17, 15) is 13.7 Å². The molecule has 0 spiro atoms. The van der Waals surface area contributed by atoms with Crippen molar-refractivity contribution in [1.82, 2.24) is 9.21 Å². The summed E-state index contributed by atoms with van der Waals surface area (Å²) in [5.74, 6) is 0. The molecule has 0 amide bonds. The Morgan fingerprint density at radius 1 is 1.00 bits per heavy atom. The Labute approximate surface area is 161 Å². The van der Waals surface area contributed by atoms with E-state index in [4.69, 9.17) is 0 Å². The third-order valence-electron chi connectivity index (χ3n) is 5.18. The second kappa shape index (κ2) is 7.81. The number of nitriles is 1. The van der Waals surface area contributed by atoms with Crippen LogP contribution >= 0.6 is 0 Å². The van der Waals surface area contributed by atoms with E-state index >= 15 is 0 Å². The highest BCUT2D eigenvalue weighted by Crippen LogP contribution is 2.23. The highest BCUT2D eigenvalue weighted by atomic mass is 32.2. The summed E-state index contributed by atoms with van der Waals surface area (Å²) in [6.45, 7) is 9.44. The smallest absolute Gasteiger partial charge is 0.244 e. The molecule has 142 valence electrons. The zero-order chi connectivity index (χ0) is 19.6. The van der Waals surface area contributed by atoms with Crippen LogP contribution in [0.3, 0.4) is 0 Å². The van der Waals surface area contributed by atoms with Crippen LogP contribution in [0.4, 0.5) is 0 Å². The van der Waals surface area contributed by atoms with Gasteiger partial charge >= 0.3 is 0 Å². The van der Waals surface area contributed by atoms with Crippen LogP contribution in [0.1, 0.15) is 27.8 Å². The number of hydrogen-bond donors (Lipinski definition) is 0. The van der Waals surface area contributed by atoms with E-state index in [1.807, 2.05) is 6.07 Å². The average Bonchev–Trinajstić information content (AvgIpc) is 2.65. The van der Waals surface area contributed by atoms with Gasteiger partial charge in [-0.05, 0) is 49.6 Å². The van der Waals surface area contributed by atoms with Gasteiger partial charge in [0, 0.05) is 32.7 Å². The van der Waals surface area contributed by atoms with Gasteiger partial charge in [-0.1, -0.05) is 29.8 Å². The van der Waals surface area contributed by atoms with Gasteiger partial charge in [-0.15, -0.1) is 0 Å². The van der Waals surface area contributed by atoms with Crippen molar-refractivity contribution in [3.05, 3.63) is 64.2 Å². The first kappa shape index (κ1) is 19.6. The maximum atomic E-state index is 12.9. The minimum absolute atomic E-state index is 0.103. The number of aryl methyl sites for hydroxylation is 3. The van der Waals surface area contributed by atoms with Crippen molar-refractivity contribution >= 4 is 10.0 Å². The van der Waals surface area contributed by atoms with E-state index in [2.05, 4.69) is 37.8 Å². The normalized spacial score (nSPS) is 16.2. The second-order valence-electron chi connectivity index (χ2n) is 7.17. The lowest BCUT2D eigenvalue weighted by molar-refractivity contribution is 0.181. The molecular formula is C21H25N3O2S. The maximum Gasteiger partial charge on any atom is 0.244 e. The number of benzene rings is 2. The molecule has 2 aromatic carbocycles. The molecule has 0 aromatic heterocycles. The summed E-state index contributed by atoms with van der Waals surface area (Å²) in [5.41, 5.74) is 5.36. The Kier molecular flexibility index (Phi) is 5.66. The predicted octanol–water partition coefficient (Wildman–Crippen LogP) is 2.99. The molecule has 0 bridgehead atoms. The van der Waals surface area contributed by atoms with E-state index in [1.165, 1.54) is 32.6 Å². The van der Waals surface area contributed by atoms with Crippen LogP contribution in [0, 0.1) is 32.1 Å². The van der Waals surface area contributed by atoms with Gasteiger partial charge < -0.3 is 0 Å². The maximum absolute atomic E-state index is 12.9. The van der Waals surface area contributed by atoms with Gasteiger partial charge in [-0.3, -0.25) is 4.90 Å². The fraction of sp³-hybridized carbons (Fsp3) is 0.381. The highest BCUT2D eigenvalue weighted by Gasteiger charge is 2.30. The summed E-state index contributed by atoms with van der Waals surface area (Å²) < 4.78 is 27.4. The van der Waals surface area contributed by atoms with Crippen molar-refractivity contribution in [1.29, 1.82) is 5.26 Å². The van der Waals surface area contributed by atoms with Crippen LogP contribution in [-0.2, 0) is 16.6 Å². The standard InChI is InChI=1S/C21H25N3O2S/c1-16-12-17(2)20(18(3)13-16)15-23-8-10-24(11-9-23)27(25,26)21-7-5-4-6-19(21)14-22/h4-7,12-13H,8-11,15H2,1-3H3. The number of sulfonamides is 1. The minimum Gasteiger partial charge on any atom is -0.296 e. The minimum atomic E-state index is -3.64. The van der Waals surface area contributed by atoms with Crippen LogP contribution < -0.4 is 0 Å². The van der Waals surface area contributed by atoms with Gasteiger partial charge in [0.15, 0.2) is 0 Å². The molecule has 0 N–H and O–H groups in total. The number of rotatable bonds is 4. The third kappa shape index (κ3) is 4.06. The third-order valence-corrected chi connectivity index (χ3v) is 7.14. The quantitative estimate of drug-likeness (QED) is 0.814. The molecule has 1 heterocycles. The Morgan fingerprint density at radius 2 is 1.59 bits per heavy atom. The molecule has 27 heavy (non-hydrogen) atoms. The van der Waals surface area contributed by atoms with E-state index in [1.54, 1.807) is 18.2 Å². The predicted molar refractivity (Wildman–Crippen MR) is 106 cm³/mol. The van der Waals surface area contributed by atoms with Gasteiger partial charge in [0.1, 0.15) is 6.07 Å². The highest BCUT2D eigenvalue weighted by molar-refractivity contribution is 7.89. The molecule has 0 saturated carbocycles. The SMILES string of the molecule is Cc1cc(C)c(CN2CCN(S(=O)(=O)c3ccccc3C#N)CC2)c(C)c1. The lowest BCUT2D eigenvalue weighted by Crippen LogP contribution is -2.48. The lowest BCUT2D eigenvalue weighted by atomic mass is 9.99. The molecule has 2 aromatic rings. The summed E-state index contributed by atoms with van der Waals surface area (Å²) in [4.78, 5) is 2.40. The van der Waals surface area contributed by atoms with Gasteiger partial charge in [0.05, 0.1) is 10.5 Å². The molecule has 1 aliphatic rings. The van der Waals surface area contributed by atoms with Crippen molar-refractivity contribution in [3.8, 4) is 6.07 Å². The van der Waals surface area contributed by atoms with Crippen molar-refractivity contribution in [3.63, 3.8) is 0 Å². The van der Waals surface area contributed by atoms with Crippen molar-refractivity contribution < 1.29 is 8.42 Å². The topological polar surface area (TPSA) is 64.4 Å². The van der Waals surface area contributed by atoms with E-state index in [0.29, 0.717) is 26.2 Å². The van der Waals surface area contributed by atoms with Crippen LogP contribution in [-0.4, -0.2) is 43.8 Å². The zero-order valence-corrected chi connectivity index (χ0v) is 16.9. The average molecular weight is 384 g/mol. The monoisotopic (exact) mass is 383 g/mol. The number of piperazine rings is 1. The van der Waals surface area contributed by atoms with Crippen LogP contribution in [0.15, 0.2) is 41.3 Å². The van der Waals surface area contributed by atoms with Crippen LogP contribution in [0.5, 0.6) is 0 Å². The summed E-state index contributed by atoms with van der Waals surface area (Å²) >= 11 is 0. The molecule has 0 atom stereocenters. The molecule has 6 heteroatoms. The van der Waals surface area contributed by atoms with E-state index < -0.39 is 10.0 Å². The second-order valence-corrected chi connectivity index (χ2v) is 9.07. The summed E-state index contributed by atoms with van der Waals surface area (Å²) in [5, 5.41) is 9.22. The Morgan fingerprint density at radius 3 is 2.19 bits per heavy atom. The largest absolute Gasteiger partial charge is 0.296 e. The summed E-state index contributed by atoms with van der Waals surface area (Å²) in [6, 6.07) is 12.8. The molecular weight excluding hydrogens is 358 g/mol. The Balaban J connectivity index is 1.72. The molecule has 0 aliphatic carbocycles. The van der Waals surface area contributed by atoms with Crippen LogP contribution in [0.25, 0.3) is 0 Å².